The molecule has 0 radical (unpaired) electrons. The number of hydrogen-bond donors (Lipinski definition) is 1. The molecule has 30 heavy (non-hydrogen) atoms. The van der Waals surface area contributed by atoms with Gasteiger partial charge in [0.15, 0.2) is 21.6 Å². The number of Topliss-reactive ketones (excluding diaryl/α,β-unsaturated/α-hetero) is 1. The molecule has 1 aliphatic heterocycles. The van der Waals surface area contributed by atoms with Gasteiger partial charge in [-0.1, -0.05) is 42.1 Å². The molecule has 0 bridgehead atoms. The zero-order chi connectivity index (χ0) is 20.8. The fourth-order valence-corrected chi connectivity index (χ4v) is 4.67. The number of carbonyl (C=O) groups is 2. The molecule has 0 saturated heterocycles. The van der Waals surface area contributed by atoms with E-state index in [1.165, 1.54) is 28.7 Å². The molecular formula is C22H20N2O4S2. The summed E-state index contributed by atoms with van der Waals surface area (Å²) in [6.07, 6.45) is 1.04. The molecule has 0 atom stereocenters. The molecule has 1 aliphatic rings. The Balaban J connectivity index is 1.22. The minimum Gasteiger partial charge on any atom is -0.454 e. The van der Waals surface area contributed by atoms with Crippen LogP contribution in [-0.4, -0.2) is 35.8 Å². The van der Waals surface area contributed by atoms with Gasteiger partial charge >= 0.3 is 0 Å². The number of aromatic nitrogens is 1. The molecule has 4 rings (SSSR count). The van der Waals surface area contributed by atoms with E-state index in [0.717, 1.165) is 16.5 Å². The summed E-state index contributed by atoms with van der Waals surface area (Å²) in [6, 6.07) is 15.2. The molecule has 1 N–H and O–H groups in total. The van der Waals surface area contributed by atoms with Gasteiger partial charge < -0.3 is 14.8 Å². The number of fused-ring (bicyclic) bond motifs is 1. The van der Waals surface area contributed by atoms with Crippen LogP contribution in [0.5, 0.6) is 11.5 Å². The van der Waals surface area contributed by atoms with Crippen LogP contribution in [0.15, 0.2) is 58.3 Å². The van der Waals surface area contributed by atoms with Crippen LogP contribution >= 0.6 is 23.1 Å². The number of thiazole rings is 1. The lowest BCUT2D eigenvalue weighted by Crippen LogP contribution is -2.27. The molecule has 1 aromatic heterocycles. The van der Waals surface area contributed by atoms with Gasteiger partial charge in [-0.2, -0.15) is 0 Å². The Kier molecular flexibility index (Phi) is 6.66. The summed E-state index contributed by atoms with van der Waals surface area (Å²) in [5.41, 5.74) is 2.49. The number of amides is 1. The van der Waals surface area contributed by atoms with E-state index in [1.54, 1.807) is 18.2 Å². The van der Waals surface area contributed by atoms with Gasteiger partial charge in [0.25, 0.3) is 0 Å². The number of benzene rings is 2. The van der Waals surface area contributed by atoms with E-state index in [2.05, 4.69) is 10.3 Å². The molecule has 2 aromatic carbocycles. The SMILES string of the molecule is O=C(Cc1csc(SCC(=O)c2ccc3c(c2)OCO3)n1)NCCc1ccccc1. The normalized spacial score (nSPS) is 12.0. The van der Waals surface area contributed by atoms with E-state index in [0.29, 0.717) is 23.6 Å². The van der Waals surface area contributed by atoms with E-state index in [1.807, 2.05) is 35.7 Å². The van der Waals surface area contributed by atoms with Crippen molar-refractivity contribution in [2.24, 2.45) is 0 Å². The number of nitrogens with zero attached hydrogens (tertiary/aromatic N) is 1. The zero-order valence-corrected chi connectivity index (χ0v) is 17.8. The maximum Gasteiger partial charge on any atom is 0.231 e. The van der Waals surface area contributed by atoms with E-state index in [9.17, 15) is 9.59 Å². The molecular weight excluding hydrogens is 420 g/mol. The van der Waals surface area contributed by atoms with Gasteiger partial charge in [-0.05, 0) is 30.2 Å². The van der Waals surface area contributed by atoms with Crippen molar-refractivity contribution in [3.63, 3.8) is 0 Å². The van der Waals surface area contributed by atoms with Crippen molar-refractivity contribution < 1.29 is 19.1 Å². The number of rotatable bonds is 9. The fraction of sp³-hybridized carbons (Fsp3) is 0.227. The lowest BCUT2D eigenvalue weighted by molar-refractivity contribution is -0.120. The standard InChI is InChI=1S/C22H20N2O4S2/c25-18(16-6-7-19-20(10-16)28-14-27-19)13-30-22-24-17(12-29-22)11-21(26)23-9-8-15-4-2-1-3-5-15/h1-7,10,12H,8-9,11,13-14H2,(H,23,26). The van der Waals surface area contributed by atoms with Crippen LogP contribution < -0.4 is 14.8 Å². The number of carbonyl (C=O) groups excluding carboxylic acids is 2. The van der Waals surface area contributed by atoms with Crippen molar-refractivity contribution in [3.8, 4) is 11.5 Å². The predicted octanol–water partition coefficient (Wildman–Crippen LogP) is 3.75. The van der Waals surface area contributed by atoms with Crippen LogP contribution in [0.1, 0.15) is 21.6 Å². The Labute approximate surface area is 182 Å². The van der Waals surface area contributed by atoms with E-state index >= 15 is 0 Å². The van der Waals surface area contributed by atoms with Gasteiger partial charge in [0.1, 0.15) is 0 Å². The molecule has 2 heterocycles. The lowest BCUT2D eigenvalue weighted by atomic mass is 10.1. The molecule has 0 unspecified atom stereocenters. The first-order valence-corrected chi connectivity index (χ1v) is 11.3. The topological polar surface area (TPSA) is 77.5 Å². The van der Waals surface area contributed by atoms with Crippen molar-refractivity contribution in [1.29, 1.82) is 0 Å². The molecule has 8 heteroatoms. The van der Waals surface area contributed by atoms with E-state index in [-0.39, 0.29) is 30.7 Å². The maximum atomic E-state index is 12.4. The second-order valence-electron chi connectivity index (χ2n) is 6.65. The highest BCUT2D eigenvalue weighted by Crippen LogP contribution is 2.33. The summed E-state index contributed by atoms with van der Waals surface area (Å²) >= 11 is 2.82. The minimum absolute atomic E-state index is 0.00583. The smallest absolute Gasteiger partial charge is 0.231 e. The van der Waals surface area contributed by atoms with Gasteiger partial charge in [0.2, 0.25) is 12.7 Å². The summed E-state index contributed by atoms with van der Waals surface area (Å²) in [6.45, 7) is 0.780. The number of nitrogens with one attached hydrogen (secondary N) is 1. The van der Waals surface area contributed by atoms with Crippen LogP contribution in [-0.2, 0) is 17.6 Å². The summed E-state index contributed by atoms with van der Waals surface area (Å²) in [7, 11) is 0. The summed E-state index contributed by atoms with van der Waals surface area (Å²) < 4.78 is 11.4. The highest BCUT2D eigenvalue weighted by Gasteiger charge is 2.17. The van der Waals surface area contributed by atoms with Crippen LogP contribution in [0.4, 0.5) is 0 Å². The molecule has 154 valence electrons. The summed E-state index contributed by atoms with van der Waals surface area (Å²) in [4.78, 5) is 29.0. The molecule has 0 aliphatic carbocycles. The Hall–Kier alpha value is -2.84. The first-order valence-electron chi connectivity index (χ1n) is 9.48. The largest absolute Gasteiger partial charge is 0.454 e. The van der Waals surface area contributed by atoms with Gasteiger partial charge in [-0.25, -0.2) is 4.98 Å². The third-order valence-corrected chi connectivity index (χ3v) is 6.54. The van der Waals surface area contributed by atoms with Crippen molar-refractivity contribution in [3.05, 3.63) is 70.7 Å². The minimum atomic E-state index is -0.0517. The Morgan fingerprint density at radius 1 is 1.10 bits per heavy atom. The molecule has 0 fully saturated rings. The molecule has 6 nitrogen and oxygen atoms in total. The monoisotopic (exact) mass is 440 g/mol. The van der Waals surface area contributed by atoms with Crippen LogP contribution in [0.25, 0.3) is 0 Å². The fourth-order valence-electron chi connectivity index (χ4n) is 2.93. The maximum absolute atomic E-state index is 12.4. The molecule has 1 amide bonds. The number of hydrogen-bond acceptors (Lipinski definition) is 7. The number of thioether (sulfide) groups is 1. The third kappa shape index (κ3) is 5.40. The Bertz CT molecular complexity index is 1040. The first kappa shape index (κ1) is 20.4. The summed E-state index contributed by atoms with van der Waals surface area (Å²) in [5.74, 6) is 1.47. The predicted molar refractivity (Wildman–Crippen MR) is 117 cm³/mol. The second kappa shape index (κ2) is 9.77. The average Bonchev–Trinajstić information content (AvgIpc) is 3.41. The van der Waals surface area contributed by atoms with Crippen LogP contribution in [0.2, 0.25) is 0 Å². The van der Waals surface area contributed by atoms with Gasteiger partial charge in [0, 0.05) is 17.5 Å². The van der Waals surface area contributed by atoms with Crippen LogP contribution in [0, 0.1) is 0 Å². The second-order valence-corrected chi connectivity index (χ2v) is 8.73. The van der Waals surface area contributed by atoms with E-state index < -0.39 is 0 Å². The molecule has 0 saturated carbocycles. The van der Waals surface area contributed by atoms with Crippen molar-refractivity contribution in [2.45, 2.75) is 17.2 Å². The van der Waals surface area contributed by atoms with Gasteiger partial charge in [-0.3, -0.25) is 9.59 Å². The highest BCUT2D eigenvalue weighted by atomic mass is 32.2. The van der Waals surface area contributed by atoms with Gasteiger partial charge in [0.05, 0.1) is 17.9 Å². The zero-order valence-electron chi connectivity index (χ0n) is 16.1. The van der Waals surface area contributed by atoms with E-state index in [4.69, 9.17) is 9.47 Å². The first-order chi connectivity index (χ1) is 14.7. The van der Waals surface area contributed by atoms with Crippen molar-refractivity contribution in [2.75, 3.05) is 19.1 Å². The molecule has 0 spiro atoms. The van der Waals surface area contributed by atoms with Crippen molar-refractivity contribution in [1.82, 2.24) is 10.3 Å². The Morgan fingerprint density at radius 2 is 1.93 bits per heavy atom. The average molecular weight is 441 g/mol. The quantitative estimate of drug-likeness (QED) is 0.403. The third-order valence-electron chi connectivity index (χ3n) is 4.47. The number of ketones is 1. The Morgan fingerprint density at radius 3 is 2.80 bits per heavy atom. The highest BCUT2D eigenvalue weighted by molar-refractivity contribution is 8.01. The summed E-state index contributed by atoms with van der Waals surface area (Å²) in [5, 5.41) is 4.79. The molecule has 3 aromatic rings. The number of ether oxygens (including phenoxy) is 2. The lowest BCUT2D eigenvalue weighted by Gasteiger charge is -2.04. The van der Waals surface area contributed by atoms with Gasteiger partial charge in [-0.15, -0.1) is 11.3 Å². The van der Waals surface area contributed by atoms with Crippen LogP contribution in [0.3, 0.4) is 0 Å². The van der Waals surface area contributed by atoms with Crippen molar-refractivity contribution >= 4 is 34.8 Å².